The lowest BCUT2D eigenvalue weighted by atomic mass is 10.2. The summed E-state index contributed by atoms with van der Waals surface area (Å²) in [5, 5.41) is 2.96. The minimum atomic E-state index is -0.0460. The number of amides is 1. The Morgan fingerprint density at radius 1 is 1.43 bits per heavy atom. The fourth-order valence-corrected chi connectivity index (χ4v) is 2.90. The van der Waals surface area contributed by atoms with E-state index in [9.17, 15) is 4.79 Å². The molecule has 6 heteroatoms. The van der Waals surface area contributed by atoms with E-state index in [0.29, 0.717) is 12.1 Å². The second-order valence-electron chi connectivity index (χ2n) is 5.07. The highest BCUT2D eigenvalue weighted by Crippen LogP contribution is 2.25. The van der Waals surface area contributed by atoms with Crippen molar-refractivity contribution in [1.29, 1.82) is 0 Å². The molecule has 2 N–H and O–H groups in total. The van der Waals surface area contributed by atoms with Gasteiger partial charge in [0, 0.05) is 18.5 Å². The summed E-state index contributed by atoms with van der Waals surface area (Å²) >= 11 is 3.39. The first-order valence-corrected chi connectivity index (χ1v) is 8.03. The fraction of sp³-hybridized carbons (Fsp3) is 0.533. The van der Waals surface area contributed by atoms with Gasteiger partial charge < -0.3 is 19.7 Å². The van der Waals surface area contributed by atoms with E-state index in [-0.39, 0.29) is 5.91 Å². The summed E-state index contributed by atoms with van der Waals surface area (Å²) in [6.07, 6.45) is 0.985. The van der Waals surface area contributed by atoms with Crippen molar-refractivity contribution in [2.24, 2.45) is 0 Å². The topological polar surface area (TPSA) is 52.0 Å². The van der Waals surface area contributed by atoms with Gasteiger partial charge in [0.05, 0.1) is 31.3 Å². The first-order chi connectivity index (χ1) is 10.2. The SMILES string of the molecule is COc1ccc(C(=O)NCCC[NH+]2CCOCC2)cc1Br. The minimum Gasteiger partial charge on any atom is -0.496 e. The summed E-state index contributed by atoms with van der Waals surface area (Å²) < 4.78 is 11.3. The van der Waals surface area contributed by atoms with E-state index < -0.39 is 0 Å². The summed E-state index contributed by atoms with van der Waals surface area (Å²) in [6.45, 7) is 5.62. The molecule has 1 heterocycles. The molecule has 0 spiro atoms. The molecule has 0 aliphatic carbocycles. The number of quaternary nitrogens is 1. The van der Waals surface area contributed by atoms with Crippen molar-refractivity contribution < 1.29 is 19.2 Å². The first kappa shape index (κ1) is 16.3. The molecule has 21 heavy (non-hydrogen) atoms. The molecule has 1 amide bonds. The van der Waals surface area contributed by atoms with E-state index in [2.05, 4.69) is 21.2 Å². The Morgan fingerprint density at radius 3 is 2.86 bits per heavy atom. The summed E-state index contributed by atoms with van der Waals surface area (Å²) in [4.78, 5) is 13.6. The maximum atomic E-state index is 12.0. The predicted molar refractivity (Wildman–Crippen MR) is 84.0 cm³/mol. The summed E-state index contributed by atoms with van der Waals surface area (Å²) in [5.74, 6) is 0.679. The van der Waals surface area contributed by atoms with E-state index in [0.717, 1.165) is 49.5 Å². The first-order valence-electron chi connectivity index (χ1n) is 7.24. The number of morpholine rings is 1. The van der Waals surface area contributed by atoms with E-state index in [4.69, 9.17) is 9.47 Å². The smallest absolute Gasteiger partial charge is 0.251 e. The van der Waals surface area contributed by atoms with Crippen LogP contribution in [-0.4, -0.2) is 52.4 Å². The van der Waals surface area contributed by atoms with Gasteiger partial charge in [0.1, 0.15) is 18.8 Å². The fourth-order valence-electron chi connectivity index (χ4n) is 2.36. The van der Waals surface area contributed by atoms with Gasteiger partial charge in [0.25, 0.3) is 5.91 Å². The highest BCUT2D eigenvalue weighted by atomic mass is 79.9. The quantitative estimate of drug-likeness (QED) is 0.728. The maximum Gasteiger partial charge on any atom is 0.251 e. The second kappa shape index (κ2) is 8.36. The summed E-state index contributed by atoms with van der Waals surface area (Å²) in [6, 6.07) is 5.34. The largest absolute Gasteiger partial charge is 0.496 e. The molecule has 0 saturated carbocycles. The van der Waals surface area contributed by atoms with Crippen molar-refractivity contribution in [1.82, 2.24) is 5.32 Å². The van der Waals surface area contributed by atoms with Crippen molar-refractivity contribution in [2.75, 3.05) is 46.5 Å². The zero-order valence-electron chi connectivity index (χ0n) is 12.3. The zero-order chi connectivity index (χ0) is 15.1. The van der Waals surface area contributed by atoms with Crippen LogP contribution in [0.4, 0.5) is 0 Å². The Kier molecular flexibility index (Phi) is 6.48. The lowest BCUT2D eigenvalue weighted by molar-refractivity contribution is -0.908. The lowest BCUT2D eigenvalue weighted by Crippen LogP contribution is -3.14. The highest BCUT2D eigenvalue weighted by molar-refractivity contribution is 9.10. The molecule has 0 aromatic heterocycles. The molecule has 2 rings (SSSR count). The van der Waals surface area contributed by atoms with Crippen LogP contribution in [0.5, 0.6) is 5.75 Å². The molecule has 1 aliphatic heterocycles. The number of carbonyl (C=O) groups excluding carboxylic acids is 1. The van der Waals surface area contributed by atoms with Crippen molar-refractivity contribution in [2.45, 2.75) is 6.42 Å². The van der Waals surface area contributed by atoms with Crippen LogP contribution in [0.15, 0.2) is 22.7 Å². The molecule has 0 bridgehead atoms. The van der Waals surface area contributed by atoms with Crippen LogP contribution in [0.25, 0.3) is 0 Å². The number of rotatable bonds is 6. The average molecular weight is 358 g/mol. The number of ether oxygens (including phenoxy) is 2. The van der Waals surface area contributed by atoms with Crippen LogP contribution >= 0.6 is 15.9 Å². The molecule has 1 aromatic carbocycles. The molecule has 0 atom stereocenters. The number of halogens is 1. The van der Waals surface area contributed by atoms with Gasteiger partial charge >= 0.3 is 0 Å². The highest BCUT2D eigenvalue weighted by Gasteiger charge is 2.13. The minimum absolute atomic E-state index is 0.0460. The van der Waals surface area contributed by atoms with Gasteiger partial charge in [-0.1, -0.05) is 0 Å². The predicted octanol–water partition coefficient (Wildman–Crippen LogP) is 0.493. The Hall–Kier alpha value is -1.11. The molecule has 116 valence electrons. The van der Waals surface area contributed by atoms with Crippen molar-refractivity contribution in [3.8, 4) is 5.75 Å². The maximum absolute atomic E-state index is 12.0. The van der Waals surface area contributed by atoms with Gasteiger partial charge in [-0.3, -0.25) is 4.79 Å². The van der Waals surface area contributed by atoms with E-state index in [1.807, 2.05) is 0 Å². The standard InChI is InChI=1S/C15H21BrN2O3/c1-20-14-4-3-12(11-13(14)16)15(19)17-5-2-6-18-7-9-21-10-8-18/h3-4,11H,2,5-10H2,1H3,(H,17,19)/p+1. The lowest BCUT2D eigenvalue weighted by Gasteiger charge is -2.23. The zero-order valence-corrected chi connectivity index (χ0v) is 13.9. The molecule has 5 nitrogen and oxygen atoms in total. The number of methoxy groups -OCH3 is 1. The molecule has 1 aliphatic rings. The molecule has 1 aromatic rings. The number of carbonyl (C=O) groups is 1. The third-order valence-electron chi connectivity index (χ3n) is 3.61. The van der Waals surface area contributed by atoms with Gasteiger partial charge in [0.15, 0.2) is 0 Å². The van der Waals surface area contributed by atoms with Crippen molar-refractivity contribution >= 4 is 21.8 Å². The van der Waals surface area contributed by atoms with Gasteiger partial charge in [-0.2, -0.15) is 0 Å². The molecule has 0 radical (unpaired) electrons. The average Bonchev–Trinajstić information content (AvgIpc) is 2.52. The van der Waals surface area contributed by atoms with Crippen LogP contribution in [0.3, 0.4) is 0 Å². The van der Waals surface area contributed by atoms with E-state index >= 15 is 0 Å². The Bertz CT molecular complexity index is 476. The number of hydrogen-bond acceptors (Lipinski definition) is 3. The van der Waals surface area contributed by atoms with Gasteiger partial charge in [-0.05, 0) is 34.1 Å². The number of benzene rings is 1. The number of nitrogens with one attached hydrogen (secondary N) is 2. The Labute approximate surface area is 133 Å². The molecule has 1 saturated heterocycles. The van der Waals surface area contributed by atoms with Crippen LogP contribution < -0.4 is 15.0 Å². The van der Waals surface area contributed by atoms with E-state index in [1.165, 1.54) is 0 Å². The van der Waals surface area contributed by atoms with Crippen molar-refractivity contribution in [3.05, 3.63) is 28.2 Å². The third-order valence-corrected chi connectivity index (χ3v) is 4.23. The van der Waals surface area contributed by atoms with Crippen molar-refractivity contribution in [3.63, 3.8) is 0 Å². The van der Waals surface area contributed by atoms with Gasteiger partial charge in [-0.15, -0.1) is 0 Å². The third kappa shape index (κ3) is 4.98. The van der Waals surface area contributed by atoms with Gasteiger partial charge in [-0.25, -0.2) is 0 Å². The monoisotopic (exact) mass is 357 g/mol. The molecule has 0 unspecified atom stereocenters. The van der Waals surface area contributed by atoms with E-state index in [1.54, 1.807) is 30.2 Å². The Balaban J connectivity index is 1.72. The van der Waals surface area contributed by atoms with Crippen LogP contribution in [0.1, 0.15) is 16.8 Å². The number of hydrogen-bond donors (Lipinski definition) is 2. The molecular formula is C15H22BrN2O3+. The second-order valence-corrected chi connectivity index (χ2v) is 5.93. The van der Waals surface area contributed by atoms with Crippen LogP contribution in [-0.2, 0) is 4.74 Å². The summed E-state index contributed by atoms with van der Waals surface area (Å²) in [7, 11) is 1.60. The normalized spacial score (nSPS) is 15.7. The molecule has 1 fully saturated rings. The van der Waals surface area contributed by atoms with Gasteiger partial charge in [0.2, 0.25) is 0 Å². The van der Waals surface area contributed by atoms with Crippen LogP contribution in [0, 0.1) is 0 Å². The summed E-state index contributed by atoms with van der Waals surface area (Å²) in [5.41, 5.74) is 0.640. The molecular weight excluding hydrogens is 336 g/mol. The Morgan fingerprint density at radius 2 is 2.19 bits per heavy atom. The van der Waals surface area contributed by atoms with Crippen LogP contribution in [0.2, 0.25) is 0 Å².